The highest BCUT2D eigenvalue weighted by Gasteiger charge is 2.27. The van der Waals surface area contributed by atoms with Gasteiger partial charge in [0.25, 0.3) is 17.7 Å². The van der Waals surface area contributed by atoms with E-state index in [4.69, 9.17) is 11.6 Å². The maximum atomic E-state index is 13.4. The first-order valence-corrected chi connectivity index (χ1v) is 12.4. The first kappa shape index (κ1) is 23.9. The van der Waals surface area contributed by atoms with Gasteiger partial charge in [-0.05, 0) is 68.0 Å². The minimum atomic E-state index is -0.319. The summed E-state index contributed by atoms with van der Waals surface area (Å²) in [5.41, 5.74) is 2.71. The fraction of sp³-hybridized carbons (Fsp3) is 0.280. The number of aromatic nitrogens is 1. The summed E-state index contributed by atoms with van der Waals surface area (Å²) in [6.45, 7) is 2.53. The van der Waals surface area contributed by atoms with Crippen molar-refractivity contribution in [3.05, 3.63) is 74.9 Å². The number of nitrogens with zero attached hydrogens (tertiary/aromatic N) is 1. The number of pyridine rings is 1. The largest absolute Gasteiger partial charge is 0.352 e. The smallest absolute Gasteiger partial charge is 0.258 e. The monoisotopic (exact) mass is 496 g/mol. The van der Waals surface area contributed by atoms with Crippen molar-refractivity contribution in [2.45, 2.75) is 39.0 Å². The third-order valence-corrected chi connectivity index (χ3v) is 7.08. The molecule has 2 aromatic heterocycles. The number of fused-ring (bicyclic) bond motifs is 1. The number of benzene rings is 1. The fourth-order valence-corrected chi connectivity index (χ4v) is 5.42. The van der Waals surface area contributed by atoms with Crippen LogP contribution in [0.1, 0.15) is 67.7 Å². The van der Waals surface area contributed by atoms with E-state index >= 15 is 0 Å². The van der Waals surface area contributed by atoms with Crippen molar-refractivity contribution in [1.82, 2.24) is 10.3 Å². The van der Waals surface area contributed by atoms with Gasteiger partial charge in [-0.15, -0.1) is 11.3 Å². The highest BCUT2D eigenvalue weighted by atomic mass is 35.5. The number of halogens is 1. The molecule has 3 aromatic rings. The van der Waals surface area contributed by atoms with Crippen LogP contribution in [0.5, 0.6) is 0 Å². The van der Waals surface area contributed by atoms with Crippen LogP contribution < -0.4 is 16.0 Å². The van der Waals surface area contributed by atoms with E-state index in [0.717, 1.165) is 42.5 Å². The average Bonchev–Trinajstić information content (AvgIpc) is 3.21. The molecule has 0 radical (unpaired) electrons. The number of anilines is 2. The van der Waals surface area contributed by atoms with Crippen LogP contribution in [0.15, 0.2) is 42.7 Å². The van der Waals surface area contributed by atoms with Gasteiger partial charge < -0.3 is 16.0 Å². The zero-order valence-corrected chi connectivity index (χ0v) is 20.3. The van der Waals surface area contributed by atoms with Gasteiger partial charge in [0.1, 0.15) is 5.00 Å². The Kier molecular flexibility index (Phi) is 7.59. The number of rotatable bonds is 7. The second-order valence-electron chi connectivity index (χ2n) is 8.02. The van der Waals surface area contributed by atoms with E-state index in [9.17, 15) is 14.4 Å². The van der Waals surface area contributed by atoms with E-state index in [1.165, 1.54) is 17.5 Å². The van der Waals surface area contributed by atoms with E-state index in [1.54, 1.807) is 36.5 Å². The number of carbonyl (C=O) groups is 3. The number of aryl methyl sites for hydroxylation is 1. The normalized spacial score (nSPS) is 12.5. The molecule has 7 nitrogen and oxygen atoms in total. The van der Waals surface area contributed by atoms with Crippen molar-refractivity contribution < 1.29 is 14.4 Å². The van der Waals surface area contributed by atoms with Gasteiger partial charge in [0.15, 0.2) is 0 Å². The maximum absolute atomic E-state index is 13.4. The molecule has 0 aliphatic heterocycles. The Balaban J connectivity index is 1.58. The lowest BCUT2D eigenvalue weighted by molar-refractivity contribution is 0.0952. The highest BCUT2D eigenvalue weighted by Crippen LogP contribution is 2.39. The molecule has 0 unspecified atom stereocenters. The predicted molar refractivity (Wildman–Crippen MR) is 135 cm³/mol. The molecule has 0 atom stereocenters. The van der Waals surface area contributed by atoms with E-state index in [-0.39, 0.29) is 22.7 Å². The minimum Gasteiger partial charge on any atom is -0.352 e. The Labute approximate surface area is 206 Å². The van der Waals surface area contributed by atoms with Gasteiger partial charge in [-0.25, -0.2) is 0 Å². The molecule has 2 heterocycles. The molecular formula is C25H25ClN4O3S. The van der Waals surface area contributed by atoms with Crippen LogP contribution in [0.2, 0.25) is 5.02 Å². The standard InChI is InChI=1S/C25H25ClN4O3S/c1-2-11-28-23(32)17-10-9-16(13-19(17)26)29-24(33)21-18-7-3-4-8-20(18)34-25(21)30-22(31)15-6-5-12-27-14-15/h5-6,9-10,12-14H,2-4,7-8,11H2,1H3,(H,28,32)(H,29,33)(H,30,31). The van der Waals surface area contributed by atoms with Crippen molar-refractivity contribution in [1.29, 1.82) is 0 Å². The summed E-state index contributed by atoms with van der Waals surface area (Å²) in [5.74, 6) is -0.886. The lowest BCUT2D eigenvalue weighted by atomic mass is 9.95. The van der Waals surface area contributed by atoms with E-state index in [1.807, 2.05) is 6.92 Å². The Morgan fingerprint density at radius 1 is 1.06 bits per heavy atom. The van der Waals surface area contributed by atoms with Crippen LogP contribution >= 0.6 is 22.9 Å². The lowest BCUT2D eigenvalue weighted by Gasteiger charge is -2.14. The molecule has 0 saturated carbocycles. The molecule has 176 valence electrons. The summed E-state index contributed by atoms with van der Waals surface area (Å²) >= 11 is 7.77. The number of hydrogen-bond acceptors (Lipinski definition) is 5. The van der Waals surface area contributed by atoms with Gasteiger partial charge >= 0.3 is 0 Å². The number of amides is 3. The van der Waals surface area contributed by atoms with Gasteiger partial charge in [-0.3, -0.25) is 19.4 Å². The van der Waals surface area contributed by atoms with Gasteiger partial charge in [-0.2, -0.15) is 0 Å². The third kappa shape index (κ3) is 5.29. The van der Waals surface area contributed by atoms with Crippen LogP contribution in [-0.4, -0.2) is 29.3 Å². The van der Waals surface area contributed by atoms with Gasteiger partial charge in [0, 0.05) is 29.5 Å². The Morgan fingerprint density at radius 2 is 1.88 bits per heavy atom. The lowest BCUT2D eigenvalue weighted by Crippen LogP contribution is -2.24. The van der Waals surface area contributed by atoms with Crippen molar-refractivity contribution >= 4 is 51.3 Å². The number of nitrogens with one attached hydrogen (secondary N) is 3. The van der Waals surface area contributed by atoms with Crippen molar-refractivity contribution in [3.63, 3.8) is 0 Å². The van der Waals surface area contributed by atoms with Crippen LogP contribution in [0.4, 0.5) is 10.7 Å². The third-order valence-electron chi connectivity index (χ3n) is 5.56. The summed E-state index contributed by atoms with van der Waals surface area (Å²) in [6.07, 6.45) is 7.63. The molecule has 34 heavy (non-hydrogen) atoms. The summed E-state index contributed by atoms with van der Waals surface area (Å²) in [5, 5.41) is 9.36. The first-order valence-electron chi connectivity index (χ1n) is 11.2. The molecule has 3 amide bonds. The number of hydrogen-bond donors (Lipinski definition) is 3. The molecule has 4 rings (SSSR count). The van der Waals surface area contributed by atoms with Crippen LogP contribution in [0, 0.1) is 0 Å². The quantitative estimate of drug-likeness (QED) is 0.412. The Hall–Kier alpha value is -3.23. The Bertz CT molecular complexity index is 1230. The van der Waals surface area contributed by atoms with Crippen LogP contribution in [-0.2, 0) is 12.8 Å². The molecule has 0 bridgehead atoms. The van der Waals surface area contributed by atoms with Gasteiger partial charge in [-0.1, -0.05) is 18.5 Å². The molecule has 9 heteroatoms. The number of thiophene rings is 1. The average molecular weight is 497 g/mol. The minimum absolute atomic E-state index is 0.253. The van der Waals surface area contributed by atoms with E-state index < -0.39 is 0 Å². The maximum Gasteiger partial charge on any atom is 0.258 e. The van der Waals surface area contributed by atoms with Crippen LogP contribution in [0.3, 0.4) is 0 Å². The molecule has 0 spiro atoms. The van der Waals surface area contributed by atoms with E-state index in [2.05, 4.69) is 20.9 Å². The molecule has 1 aliphatic rings. The zero-order valence-electron chi connectivity index (χ0n) is 18.7. The fourth-order valence-electron chi connectivity index (χ4n) is 3.87. The SMILES string of the molecule is CCCNC(=O)c1ccc(NC(=O)c2c(NC(=O)c3cccnc3)sc3c2CCCC3)cc1Cl. The predicted octanol–water partition coefficient (Wildman–Crippen LogP) is 5.32. The summed E-state index contributed by atoms with van der Waals surface area (Å²) in [7, 11) is 0. The molecule has 1 aromatic carbocycles. The van der Waals surface area contributed by atoms with Crippen LogP contribution in [0.25, 0.3) is 0 Å². The van der Waals surface area contributed by atoms with Gasteiger partial charge in [0.2, 0.25) is 0 Å². The molecule has 3 N–H and O–H groups in total. The Morgan fingerprint density at radius 3 is 2.62 bits per heavy atom. The summed E-state index contributed by atoms with van der Waals surface area (Å²) in [4.78, 5) is 43.5. The number of carbonyl (C=O) groups excluding carboxylic acids is 3. The topological polar surface area (TPSA) is 100 Å². The van der Waals surface area contributed by atoms with Crippen molar-refractivity contribution in [2.75, 3.05) is 17.2 Å². The van der Waals surface area contributed by atoms with Crippen molar-refractivity contribution in [3.8, 4) is 0 Å². The molecular weight excluding hydrogens is 472 g/mol. The van der Waals surface area contributed by atoms with E-state index in [0.29, 0.717) is 33.9 Å². The molecule has 0 saturated heterocycles. The highest BCUT2D eigenvalue weighted by molar-refractivity contribution is 7.17. The molecule has 0 fully saturated rings. The summed E-state index contributed by atoms with van der Waals surface area (Å²) in [6, 6.07) is 8.18. The summed E-state index contributed by atoms with van der Waals surface area (Å²) < 4.78 is 0. The first-order chi connectivity index (χ1) is 16.5. The second-order valence-corrected chi connectivity index (χ2v) is 9.53. The van der Waals surface area contributed by atoms with Crippen molar-refractivity contribution in [2.24, 2.45) is 0 Å². The second kappa shape index (κ2) is 10.8. The van der Waals surface area contributed by atoms with Gasteiger partial charge in [0.05, 0.1) is 21.7 Å². The molecule has 1 aliphatic carbocycles. The zero-order chi connectivity index (χ0) is 24.1.